The molecule has 3 heterocycles. The highest BCUT2D eigenvalue weighted by Crippen LogP contribution is 2.36. The second-order valence-corrected chi connectivity index (χ2v) is 12.3. The number of aliphatic hydroxyl groups excluding tert-OH is 1. The summed E-state index contributed by atoms with van der Waals surface area (Å²) in [5.41, 5.74) is 5.97. The van der Waals surface area contributed by atoms with Gasteiger partial charge in [0.25, 0.3) is 0 Å². The minimum absolute atomic E-state index is 0.0000180. The Labute approximate surface area is 251 Å². The van der Waals surface area contributed by atoms with Gasteiger partial charge in [0.05, 0.1) is 19.5 Å². The zero-order chi connectivity index (χ0) is 31.1. The van der Waals surface area contributed by atoms with Crippen LogP contribution in [0, 0.1) is 11.5 Å². The van der Waals surface area contributed by atoms with Gasteiger partial charge in [-0.25, -0.2) is 9.78 Å². The molecule has 3 N–H and O–H groups in total. The summed E-state index contributed by atoms with van der Waals surface area (Å²) in [6.45, 7) is 5.10. The second kappa shape index (κ2) is 14.6. The number of nitrogens with zero attached hydrogens (tertiary/aromatic N) is 4. The lowest BCUT2D eigenvalue weighted by molar-refractivity contribution is -0.118. The number of aliphatic hydroxyl groups is 1. The fourth-order valence-corrected chi connectivity index (χ4v) is 5.64. The fourth-order valence-electron chi connectivity index (χ4n) is 3.96. The van der Waals surface area contributed by atoms with Gasteiger partial charge in [0.1, 0.15) is 18.8 Å². The van der Waals surface area contributed by atoms with Crippen molar-refractivity contribution in [3.63, 3.8) is 0 Å². The molecule has 17 heteroatoms. The van der Waals surface area contributed by atoms with E-state index in [1.807, 2.05) is 26.8 Å². The zero-order valence-electron chi connectivity index (χ0n) is 23.7. The van der Waals surface area contributed by atoms with E-state index in [1.54, 1.807) is 24.3 Å². The molecule has 0 bridgehead atoms. The number of benzene rings is 1. The van der Waals surface area contributed by atoms with Crippen molar-refractivity contribution in [2.24, 2.45) is 5.41 Å². The van der Waals surface area contributed by atoms with Crippen LogP contribution in [-0.2, 0) is 39.2 Å². The smallest absolute Gasteiger partial charge is 0.429 e. The van der Waals surface area contributed by atoms with E-state index in [4.69, 9.17) is 29.0 Å². The first-order valence-corrected chi connectivity index (χ1v) is 15.5. The van der Waals surface area contributed by atoms with Gasteiger partial charge in [0, 0.05) is 11.2 Å². The molecule has 3 aromatic rings. The zero-order valence-corrected chi connectivity index (χ0v) is 25.5. The Hall–Kier alpha value is -3.14. The minimum Gasteiger partial charge on any atom is -0.429 e. The van der Waals surface area contributed by atoms with Gasteiger partial charge in [-0.2, -0.15) is 14.4 Å². The average Bonchev–Trinajstić information content (AvgIpc) is 3.54. The molecule has 5 atom stereocenters. The number of ether oxygens (including phenoxy) is 3. The van der Waals surface area contributed by atoms with E-state index in [1.165, 1.54) is 10.9 Å². The van der Waals surface area contributed by atoms with Gasteiger partial charge in [0.15, 0.2) is 34.4 Å². The number of carbonyl (C=O) groups is 2. The number of thioether (sulfide) groups is 1. The van der Waals surface area contributed by atoms with Crippen LogP contribution in [0.3, 0.4) is 0 Å². The molecular formula is C26H33FN5O9PS. The molecule has 0 amide bonds. The van der Waals surface area contributed by atoms with E-state index in [-0.39, 0.29) is 41.1 Å². The van der Waals surface area contributed by atoms with Crippen molar-refractivity contribution in [2.75, 3.05) is 24.7 Å². The first kappa shape index (κ1) is 32.8. The Balaban J connectivity index is 1.40. The van der Waals surface area contributed by atoms with E-state index in [9.17, 15) is 23.7 Å². The van der Waals surface area contributed by atoms with Crippen LogP contribution in [0.25, 0.3) is 11.2 Å². The molecule has 1 aliphatic rings. The number of halogens is 1. The third kappa shape index (κ3) is 8.28. The van der Waals surface area contributed by atoms with Crippen LogP contribution >= 0.6 is 20.0 Å². The molecule has 1 saturated heterocycles. The Morgan fingerprint density at radius 3 is 2.70 bits per heavy atom. The molecule has 0 aliphatic carbocycles. The number of imidazole rings is 1. The van der Waals surface area contributed by atoms with Gasteiger partial charge < -0.3 is 34.1 Å². The fraction of sp³-hybridized carbons (Fsp3) is 0.500. The van der Waals surface area contributed by atoms with Crippen molar-refractivity contribution < 1.29 is 46.9 Å². The maximum atomic E-state index is 14.0. The van der Waals surface area contributed by atoms with Crippen LogP contribution in [0.5, 0.6) is 0 Å². The average molecular weight is 642 g/mol. The summed E-state index contributed by atoms with van der Waals surface area (Å²) < 4.78 is 54.6. The maximum Gasteiger partial charge on any atom is 0.509 e. The number of hydrogen-bond donors (Lipinski definition) is 2. The summed E-state index contributed by atoms with van der Waals surface area (Å²) in [5.74, 6) is 0.0522. The van der Waals surface area contributed by atoms with Gasteiger partial charge in [0.2, 0.25) is 0 Å². The summed E-state index contributed by atoms with van der Waals surface area (Å²) in [6.07, 6.45) is -5.69. The summed E-state index contributed by atoms with van der Waals surface area (Å²) in [6, 6.07) is 8.86. The molecule has 0 spiro atoms. The summed E-state index contributed by atoms with van der Waals surface area (Å²) >= 11 is 1.08. The summed E-state index contributed by atoms with van der Waals surface area (Å²) in [7, 11) is -3.04. The van der Waals surface area contributed by atoms with E-state index in [2.05, 4.69) is 15.0 Å². The Morgan fingerprint density at radius 1 is 1.23 bits per heavy atom. The predicted octanol–water partition coefficient (Wildman–Crippen LogP) is 3.65. The van der Waals surface area contributed by atoms with Crippen molar-refractivity contribution >= 4 is 48.3 Å². The normalized spacial score (nSPS) is 21.1. The number of nitrogens with two attached hydrogens (primary N) is 1. The van der Waals surface area contributed by atoms with Gasteiger partial charge in [-0.05, 0) is 12.0 Å². The monoisotopic (exact) mass is 641 g/mol. The molecule has 0 saturated carbocycles. The standard InChI is InChI=1S/C26H33FN5O9PS/c1-4-26(2,3)23(34)43-11-10-38-42(36)39-13-16-18(33)19(41-25(35)37-12-15-8-6-5-7-9-15)22(40-16)32-14-29-17-20(28)30-24(27)31-21(17)32/h5-9,14,16,18-19,22,33,42H,4,10-13H2,1-3H3,(H2,28,30,31)/t16-,18-,19+,22-/m1/s1. The molecule has 234 valence electrons. The molecule has 43 heavy (non-hydrogen) atoms. The molecule has 1 aliphatic heterocycles. The Bertz CT molecular complexity index is 1450. The van der Waals surface area contributed by atoms with Gasteiger partial charge in [-0.15, -0.1) is 0 Å². The SMILES string of the molecule is CCC(C)(C)C(=O)SCCO[PH](=O)OC[C@H]1O[C@@H](n2cnc3c(N)nc(F)nc32)[C@@H](OC(=O)OCc2ccccc2)[C@@H]1O. The van der Waals surface area contributed by atoms with Crippen molar-refractivity contribution in [3.8, 4) is 0 Å². The lowest BCUT2D eigenvalue weighted by atomic mass is 9.92. The lowest BCUT2D eigenvalue weighted by Crippen LogP contribution is -2.37. The van der Waals surface area contributed by atoms with Gasteiger partial charge in [-0.3, -0.25) is 13.9 Å². The predicted molar refractivity (Wildman–Crippen MR) is 154 cm³/mol. The van der Waals surface area contributed by atoms with Crippen LogP contribution in [0.2, 0.25) is 0 Å². The number of fused-ring (bicyclic) bond motifs is 1. The second-order valence-electron chi connectivity index (χ2n) is 10.1. The lowest BCUT2D eigenvalue weighted by Gasteiger charge is -2.21. The van der Waals surface area contributed by atoms with E-state index < -0.39 is 57.1 Å². The molecule has 1 aromatic carbocycles. The molecular weight excluding hydrogens is 608 g/mol. The van der Waals surface area contributed by atoms with Gasteiger partial charge >= 0.3 is 20.5 Å². The third-order valence-corrected chi connectivity index (χ3v) is 8.81. The first-order valence-electron chi connectivity index (χ1n) is 13.3. The summed E-state index contributed by atoms with van der Waals surface area (Å²) in [4.78, 5) is 36.0. The van der Waals surface area contributed by atoms with Crippen LogP contribution in [0.4, 0.5) is 15.0 Å². The number of aromatic nitrogens is 4. The highest BCUT2D eigenvalue weighted by molar-refractivity contribution is 8.13. The van der Waals surface area contributed by atoms with E-state index in [0.717, 1.165) is 11.8 Å². The molecule has 14 nitrogen and oxygen atoms in total. The molecule has 2 aromatic heterocycles. The number of anilines is 1. The van der Waals surface area contributed by atoms with Crippen LogP contribution in [0.1, 0.15) is 39.0 Å². The molecule has 1 unspecified atom stereocenters. The largest absolute Gasteiger partial charge is 0.509 e. The van der Waals surface area contributed by atoms with E-state index >= 15 is 0 Å². The van der Waals surface area contributed by atoms with Crippen molar-refractivity contribution in [2.45, 2.75) is 58.3 Å². The highest BCUT2D eigenvalue weighted by atomic mass is 32.2. The number of carbonyl (C=O) groups excluding carboxylic acids is 2. The number of rotatable bonds is 13. The van der Waals surface area contributed by atoms with E-state index in [0.29, 0.717) is 12.0 Å². The molecule has 0 radical (unpaired) electrons. The van der Waals surface area contributed by atoms with Gasteiger partial charge in [-0.1, -0.05) is 62.9 Å². The third-order valence-electron chi connectivity index (χ3n) is 6.78. The van der Waals surface area contributed by atoms with Crippen LogP contribution in [0.15, 0.2) is 36.7 Å². The Morgan fingerprint density at radius 2 is 1.98 bits per heavy atom. The topological polar surface area (TPSA) is 187 Å². The maximum absolute atomic E-state index is 14.0. The molecule has 1 fully saturated rings. The number of hydrogen-bond acceptors (Lipinski definition) is 14. The van der Waals surface area contributed by atoms with Crippen LogP contribution < -0.4 is 5.73 Å². The van der Waals surface area contributed by atoms with Crippen LogP contribution in [-0.4, -0.2) is 73.2 Å². The Kier molecular flexibility index (Phi) is 11.1. The van der Waals surface area contributed by atoms with Crippen molar-refractivity contribution in [1.82, 2.24) is 19.5 Å². The minimum atomic E-state index is -3.04. The van der Waals surface area contributed by atoms with Crippen molar-refractivity contribution in [1.29, 1.82) is 0 Å². The van der Waals surface area contributed by atoms with Crippen molar-refractivity contribution in [3.05, 3.63) is 48.3 Å². The molecule has 4 rings (SSSR count). The number of nitrogen functional groups attached to an aromatic ring is 1. The summed E-state index contributed by atoms with van der Waals surface area (Å²) in [5, 5.41) is 11.0. The first-order chi connectivity index (χ1) is 20.5. The highest BCUT2D eigenvalue weighted by Gasteiger charge is 2.48. The quantitative estimate of drug-likeness (QED) is 0.119.